The number of imidazole rings is 1. The average Bonchev–Trinajstić information content (AvgIpc) is 3.28. The zero-order valence-corrected chi connectivity index (χ0v) is 16.2. The summed E-state index contributed by atoms with van der Waals surface area (Å²) < 4.78 is 38.8. The lowest BCUT2D eigenvalue weighted by atomic mass is 10.1. The van der Waals surface area contributed by atoms with Gasteiger partial charge in [0.1, 0.15) is 23.4 Å². The van der Waals surface area contributed by atoms with Gasteiger partial charge in [-0.25, -0.2) is 4.98 Å². The summed E-state index contributed by atoms with van der Waals surface area (Å²) in [6.45, 7) is -0.526. The second kappa shape index (κ2) is 8.32. The van der Waals surface area contributed by atoms with Gasteiger partial charge in [-0.2, -0.15) is 18.4 Å². The van der Waals surface area contributed by atoms with Gasteiger partial charge in [-0.05, 0) is 31.9 Å². The van der Waals surface area contributed by atoms with E-state index in [1.807, 2.05) is 0 Å². The molecule has 1 aliphatic carbocycles. The molecule has 0 spiro atoms. The van der Waals surface area contributed by atoms with Crippen LogP contribution in [-0.4, -0.2) is 40.1 Å². The summed E-state index contributed by atoms with van der Waals surface area (Å²) in [7, 11) is 1.72. The molecule has 28 heavy (non-hydrogen) atoms. The van der Waals surface area contributed by atoms with Crippen molar-refractivity contribution in [2.45, 2.75) is 44.9 Å². The molecule has 6 nitrogen and oxygen atoms in total. The van der Waals surface area contributed by atoms with Crippen molar-refractivity contribution < 1.29 is 18.0 Å². The highest BCUT2D eigenvalue weighted by molar-refractivity contribution is 7.16. The number of nitriles is 1. The third-order valence-electron chi connectivity index (χ3n) is 4.57. The number of alkyl halides is 3. The predicted octanol–water partition coefficient (Wildman–Crippen LogP) is 3.33. The maximum absolute atomic E-state index is 12.6. The number of carbonyl (C=O) groups excluding carboxylic acids is 1. The molecule has 2 aromatic heterocycles. The maximum Gasteiger partial charge on any atom is 0.406 e. The van der Waals surface area contributed by atoms with Crippen LogP contribution in [0.3, 0.4) is 0 Å². The van der Waals surface area contributed by atoms with Crippen LogP contribution in [0.25, 0.3) is 0 Å². The third-order valence-corrected chi connectivity index (χ3v) is 5.78. The van der Waals surface area contributed by atoms with Gasteiger partial charge in [0, 0.05) is 30.2 Å². The molecule has 2 heterocycles. The lowest BCUT2D eigenvalue weighted by molar-refractivity contribution is -0.141. The van der Waals surface area contributed by atoms with Crippen molar-refractivity contribution in [1.82, 2.24) is 14.5 Å². The van der Waals surface area contributed by atoms with Crippen LogP contribution in [0.1, 0.15) is 34.7 Å². The molecule has 10 heteroatoms. The van der Waals surface area contributed by atoms with Gasteiger partial charge in [0.2, 0.25) is 5.91 Å². The van der Waals surface area contributed by atoms with Crippen molar-refractivity contribution in [3.8, 4) is 6.07 Å². The average molecular weight is 411 g/mol. The highest BCUT2D eigenvalue weighted by Gasteiger charge is 2.29. The highest BCUT2D eigenvalue weighted by Crippen LogP contribution is 2.38. The zero-order chi connectivity index (χ0) is 20.3. The fourth-order valence-electron chi connectivity index (χ4n) is 3.24. The first-order chi connectivity index (χ1) is 13.3. The van der Waals surface area contributed by atoms with Crippen molar-refractivity contribution >= 4 is 22.2 Å². The molecule has 0 bridgehead atoms. The van der Waals surface area contributed by atoms with Crippen LogP contribution < -0.4 is 5.32 Å². The summed E-state index contributed by atoms with van der Waals surface area (Å²) in [5.41, 5.74) is 1.62. The second-order valence-electron chi connectivity index (χ2n) is 6.80. The number of aryl methyl sites for hydroxylation is 1. The Morgan fingerprint density at radius 2 is 2.25 bits per heavy atom. The summed E-state index contributed by atoms with van der Waals surface area (Å²) in [5.74, 6) is 0.0728. The Morgan fingerprint density at radius 1 is 1.46 bits per heavy atom. The van der Waals surface area contributed by atoms with Crippen LogP contribution in [0, 0.1) is 11.3 Å². The van der Waals surface area contributed by atoms with E-state index >= 15 is 0 Å². The van der Waals surface area contributed by atoms with Crippen LogP contribution in [0.15, 0.2) is 12.4 Å². The zero-order valence-electron chi connectivity index (χ0n) is 15.3. The molecule has 1 amide bonds. The van der Waals surface area contributed by atoms with E-state index in [1.54, 1.807) is 11.9 Å². The first-order valence-corrected chi connectivity index (χ1v) is 9.68. The van der Waals surface area contributed by atoms with Gasteiger partial charge in [-0.1, -0.05) is 0 Å². The summed E-state index contributed by atoms with van der Waals surface area (Å²) in [5, 5.41) is 12.8. The molecule has 2 aromatic rings. The molecule has 0 atom stereocenters. The molecule has 0 fully saturated rings. The molecule has 0 unspecified atom stereocenters. The Morgan fingerprint density at radius 3 is 2.96 bits per heavy atom. The van der Waals surface area contributed by atoms with E-state index in [9.17, 15) is 23.2 Å². The molecule has 0 radical (unpaired) electrons. The number of nitrogens with one attached hydrogen (secondary N) is 1. The monoisotopic (exact) mass is 411 g/mol. The third kappa shape index (κ3) is 4.91. The lowest BCUT2D eigenvalue weighted by Gasteiger charge is -2.17. The van der Waals surface area contributed by atoms with Gasteiger partial charge in [-0.3, -0.25) is 9.69 Å². The maximum atomic E-state index is 12.6. The number of aromatic nitrogens is 2. The number of carbonyl (C=O) groups is 1. The Kier molecular flexibility index (Phi) is 6.05. The van der Waals surface area contributed by atoms with E-state index in [4.69, 9.17) is 0 Å². The molecule has 0 aromatic carbocycles. The topological polar surface area (TPSA) is 74.0 Å². The fourth-order valence-corrected chi connectivity index (χ4v) is 4.50. The minimum Gasteiger partial charge on any atom is -0.325 e. The van der Waals surface area contributed by atoms with E-state index in [1.165, 1.54) is 28.6 Å². The van der Waals surface area contributed by atoms with Crippen molar-refractivity contribution in [2.75, 3.05) is 18.9 Å². The summed E-state index contributed by atoms with van der Waals surface area (Å²) in [6, 6.07) is 2.18. The standard InChI is InChI=1S/C18H20F3N5OS/c1-25(10-15-23-6-8-26(15)11-18(19,20)21)7-5-16(27)24-17-13(9-22)12-3-2-4-14(12)28-17/h6,8H,2-5,7,10-11H2,1H3,(H,24,27). The van der Waals surface area contributed by atoms with Crippen LogP contribution in [-0.2, 0) is 30.7 Å². The number of rotatable bonds is 7. The van der Waals surface area contributed by atoms with Gasteiger partial charge in [0.15, 0.2) is 0 Å². The Labute approximate surface area is 164 Å². The smallest absolute Gasteiger partial charge is 0.325 e. The first kappa shape index (κ1) is 20.4. The van der Waals surface area contributed by atoms with Crippen molar-refractivity contribution in [2.24, 2.45) is 0 Å². The number of hydrogen-bond donors (Lipinski definition) is 1. The minimum atomic E-state index is -4.31. The number of nitrogens with zero attached hydrogens (tertiary/aromatic N) is 4. The molecule has 0 aliphatic heterocycles. The number of amides is 1. The van der Waals surface area contributed by atoms with Crippen molar-refractivity contribution in [3.63, 3.8) is 0 Å². The van der Waals surface area contributed by atoms with Crippen LogP contribution >= 0.6 is 11.3 Å². The van der Waals surface area contributed by atoms with Crippen LogP contribution in [0.5, 0.6) is 0 Å². The molecular weight excluding hydrogens is 391 g/mol. The molecule has 0 saturated heterocycles. The largest absolute Gasteiger partial charge is 0.406 e. The first-order valence-electron chi connectivity index (χ1n) is 8.86. The molecule has 1 N–H and O–H groups in total. The second-order valence-corrected chi connectivity index (χ2v) is 7.90. The molecule has 3 rings (SSSR count). The summed E-state index contributed by atoms with van der Waals surface area (Å²) in [6.07, 6.45) is 1.34. The van der Waals surface area contributed by atoms with Crippen molar-refractivity contribution in [1.29, 1.82) is 5.26 Å². The van der Waals surface area contributed by atoms with Gasteiger partial charge in [0.25, 0.3) is 0 Å². The lowest BCUT2D eigenvalue weighted by Crippen LogP contribution is -2.27. The van der Waals surface area contributed by atoms with Gasteiger partial charge in [-0.15, -0.1) is 11.3 Å². The molecule has 1 aliphatic rings. The van der Waals surface area contributed by atoms with Gasteiger partial charge < -0.3 is 9.88 Å². The van der Waals surface area contributed by atoms with Crippen LogP contribution in [0.4, 0.5) is 18.2 Å². The molecule has 150 valence electrons. The highest BCUT2D eigenvalue weighted by atomic mass is 32.1. The predicted molar refractivity (Wildman–Crippen MR) is 98.9 cm³/mol. The molecular formula is C18H20F3N5OS. The van der Waals surface area contributed by atoms with Crippen LogP contribution in [0.2, 0.25) is 0 Å². The Bertz CT molecular complexity index is 896. The Hall–Kier alpha value is -2.38. The van der Waals surface area contributed by atoms with E-state index in [2.05, 4.69) is 16.4 Å². The van der Waals surface area contributed by atoms with E-state index < -0.39 is 12.7 Å². The van der Waals surface area contributed by atoms with Gasteiger partial charge >= 0.3 is 6.18 Å². The summed E-state index contributed by atoms with van der Waals surface area (Å²) >= 11 is 1.46. The number of thiophene rings is 1. The number of fused-ring (bicyclic) bond motifs is 1. The van der Waals surface area contributed by atoms with Gasteiger partial charge in [0.05, 0.1) is 12.1 Å². The normalized spacial score (nSPS) is 13.6. The number of anilines is 1. The van der Waals surface area contributed by atoms with E-state index in [-0.39, 0.29) is 18.9 Å². The quantitative estimate of drug-likeness (QED) is 0.759. The number of hydrogen-bond acceptors (Lipinski definition) is 5. The summed E-state index contributed by atoms with van der Waals surface area (Å²) in [4.78, 5) is 19.1. The number of halogens is 3. The Balaban J connectivity index is 1.52. The van der Waals surface area contributed by atoms with E-state index in [0.717, 1.165) is 29.4 Å². The SMILES string of the molecule is CN(CCC(=O)Nc1sc2c(c1C#N)CCC2)Cc1nccn1CC(F)(F)F. The van der Waals surface area contributed by atoms with Crippen molar-refractivity contribution in [3.05, 3.63) is 34.2 Å². The van der Waals surface area contributed by atoms with E-state index in [0.29, 0.717) is 22.9 Å². The molecule has 0 saturated carbocycles. The minimum absolute atomic E-state index is 0.171. The fraction of sp³-hybridized carbons (Fsp3) is 0.500.